The van der Waals surface area contributed by atoms with Crippen LogP contribution in [0, 0.1) is 12.8 Å². The highest BCUT2D eigenvalue weighted by Crippen LogP contribution is 2.31. The van der Waals surface area contributed by atoms with Crippen molar-refractivity contribution in [1.29, 1.82) is 0 Å². The number of hydrogen-bond acceptors (Lipinski definition) is 5. The van der Waals surface area contributed by atoms with Gasteiger partial charge in [0.1, 0.15) is 11.6 Å². The zero-order valence-electron chi connectivity index (χ0n) is 15.0. The monoisotopic (exact) mass is 331 g/mol. The third kappa shape index (κ3) is 4.05. The first-order valence-corrected chi connectivity index (χ1v) is 9.44. The van der Waals surface area contributed by atoms with E-state index >= 15 is 0 Å². The van der Waals surface area contributed by atoms with Crippen LogP contribution in [0.15, 0.2) is 0 Å². The molecule has 2 heterocycles. The molecule has 24 heavy (non-hydrogen) atoms. The van der Waals surface area contributed by atoms with Crippen molar-refractivity contribution in [2.45, 2.75) is 65.2 Å². The van der Waals surface area contributed by atoms with Gasteiger partial charge in [-0.3, -0.25) is 4.79 Å². The molecule has 2 aliphatic rings. The fourth-order valence-electron chi connectivity index (χ4n) is 4.00. The van der Waals surface area contributed by atoms with Crippen LogP contribution in [0.25, 0.3) is 0 Å². The summed E-state index contributed by atoms with van der Waals surface area (Å²) in [5.74, 6) is 2.54. The molecule has 1 atom stereocenters. The van der Waals surface area contributed by atoms with Crippen molar-refractivity contribution >= 4 is 11.8 Å². The van der Waals surface area contributed by atoms with Crippen LogP contribution in [0.2, 0.25) is 0 Å². The van der Waals surface area contributed by atoms with Crippen molar-refractivity contribution in [2.75, 3.05) is 24.6 Å². The standard InChI is InChI=1S/C19H29N3O2/c1-3-24-18(23)11-10-15-7-6-12-22(13-15)19-16-8-4-5-9-17(16)20-14(2)21-19/h15H,3-13H2,1-2H3. The summed E-state index contributed by atoms with van der Waals surface area (Å²) in [5.41, 5.74) is 2.63. The number of carbonyl (C=O) groups excluding carboxylic acids is 1. The molecule has 1 aliphatic heterocycles. The average Bonchev–Trinajstić information content (AvgIpc) is 2.60. The second-order valence-electron chi connectivity index (χ2n) is 7.02. The number of aryl methyl sites for hydroxylation is 2. The molecule has 0 saturated carbocycles. The first kappa shape index (κ1) is 17.2. The molecule has 5 heteroatoms. The lowest BCUT2D eigenvalue weighted by Crippen LogP contribution is -2.37. The number of carbonyl (C=O) groups is 1. The molecular formula is C19H29N3O2. The largest absolute Gasteiger partial charge is 0.466 e. The molecule has 0 aromatic carbocycles. The number of hydrogen-bond donors (Lipinski definition) is 0. The molecule has 1 aromatic rings. The second kappa shape index (κ2) is 7.95. The molecule has 3 rings (SSSR count). The van der Waals surface area contributed by atoms with Crippen LogP contribution in [0.5, 0.6) is 0 Å². The van der Waals surface area contributed by atoms with Gasteiger partial charge < -0.3 is 9.64 Å². The molecule has 1 aromatic heterocycles. The van der Waals surface area contributed by atoms with E-state index < -0.39 is 0 Å². The summed E-state index contributed by atoms with van der Waals surface area (Å²) < 4.78 is 5.06. The van der Waals surface area contributed by atoms with Crippen LogP contribution >= 0.6 is 0 Å². The summed E-state index contributed by atoms with van der Waals surface area (Å²) >= 11 is 0. The number of aromatic nitrogens is 2. The zero-order valence-corrected chi connectivity index (χ0v) is 15.0. The molecule has 0 spiro atoms. The van der Waals surface area contributed by atoms with Gasteiger partial charge in [0.25, 0.3) is 0 Å². The van der Waals surface area contributed by atoms with Gasteiger partial charge in [-0.1, -0.05) is 0 Å². The van der Waals surface area contributed by atoms with E-state index in [0.717, 1.165) is 44.0 Å². The summed E-state index contributed by atoms with van der Waals surface area (Å²) in [4.78, 5) is 23.5. The maximum Gasteiger partial charge on any atom is 0.305 e. The Balaban J connectivity index is 1.69. The van der Waals surface area contributed by atoms with Gasteiger partial charge in [0.05, 0.1) is 6.61 Å². The number of anilines is 1. The number of fused-ring (bicyclic) bond motifs is 1. The van der Waals surface area contributed by atoms with Crippen LogP contribution in [0.1, 0.15) is 62.5 Å². The first-order valence-electron chi connectivity index (χ1n) is 9.44. The van der Waals surface area contributed by atoms with E-state index in [2.05, 4.69) is 9.88 Å². The number of piperidine rings is 1. The maximum absolute atomic E-state index is 11.6. The predicted octanol–water partition coefficient (Wildman–Crippen LogP) is 3.22. The normalized spacial score (nSPS) is 20.6. The Kier molecular flexibility index (Phi) is 5.69. The molecule has 0 bridgehead atoms. The molecule has 5 nitrogen and oxygen atoms in total. The third-order valence-corrected chi connectivity index (χ3v) is 5.15. The molecular weight excluding hydrogens is 302 g/mol. The highest BCUT2D eigenvalue weighted by Gasteiger charge is 2.26. The quantitative estimate of drug-likeness (QED) is 0.775. The smallest absolute Gasteiger partial charge is 0.305 e. The summed E-state index contributed by atoms with van der Waals surface area (Å²) in [6.07, 6.45) is 8.50. The van der Waals surface area contributed by atoms with E-state index in [1.54, 1.807) is 0 Å². The van der Waals surface area contributed by atoms with Crippen LogP contribution < -0.4 is 4.90 Å². The van der Waals surface area contributed by atoms with Gasteiger partial charge in [-0.2, -0.15) is 0 Å². The summed E-state index contributed by atoms with van der Waals surface area (Å²) in [6, 6.07) is 0. The molecule has 1 saturated heterocycles. The lowest BCUT2D eigenvalue weighted by Gasteiger charge is -2.35. The molecule has 0 amide bonds. The fourth-order valence-corrected chi connectivity index (χ4v) is 4.00. The van der Waals surface area contributed by atoms with Gasteiger partial charge in [-0.15, -0.1) is 0 Å². The highest BCUT2D eigenvalue weighted by atomic mass is 16.5. The van der Waals surface area contributed by atoms with E-state index in [-0.39, 0.29) is 5.97 Å². The SMILES string of the molecule is CCOC(=O)CCC1CCCN(c2nc(C)nc3c2CCCC3)C1. The fraction of sp³-hybridized carbons (Fsp3) is 0.737. The minimum absolute atomic E-state index is 0.0649. The molecule has 132 valence electrons. The van der Waals surface area contributed by atoms with E-state index in [4.69, 9.17) is 9.72 Å². The van der Waals surface area contributed by atoms with Gasteiger partial charge in [0.15, 0.2) is 0 Å². The van der Waals surface area contributed by atoms with Gasteiger partial charge >= 0.3 is 5.97 Å². The van der Waals surface area contributed by atoms with Crippen molar-refractivity contribution in [1.82, 2.24) is 9.97 Å². The Labute approximate surface area is 144 Å². The third-order valence-electron chi connectivity index (χ3n) is 5.15. The molecule has 1 unspecified atom stereocenters. The topological polar surface area (TPSA) is 55.3 Å². The highest BCUT2D eigenvalue weighted by molar-refractivity contribution is 5.69. The molecule has 1 aliphatic carbocycles. The van der Waals surface area contributed by atoms with Crippen molar-refractivity contribution in [3.63, 3.8) is 0 Å². The second-order valence-corrected chi connectivity index (χ2v) is 7.02. The molecule has 1 fully saturated rings. The van der Waals surface area contributed by atoms with E-state index in [0.29, 0.717) is 18.9 Å². The first-order chi connectivity index (χ1) is 11.7. The lowest BCUT2D eigenvalue weighted by atomic mass is 9.91. The van der Waals surface area contributed by atoms with Crippen LogP contribution in [0.4, 0.5) is 5.82 Å². The Morgan fingerprint density at radius 1 is 1.25 bits per heavy atom. The van der Waals surface area contributed by atoms with Crippen LogP contribution in [-0.4, -0.2) is 35.6 Å². The molecule has 0 N–H and O–H groups in total. The average molecular weight is 331 g/mol. The molecule has 0 radical (unpaired) electrons. The van der Waals surface area contributed by atoms with Crippen LogP contribution in [0.3, 0.4) is 0 Å². The minimum atomic E-state index is -0.0649. The van der Waals surface area contributed by atoms with Gasteiger partial charge in [-0.25, -0.2) is 9.97 Å². The summed E-state index contributed by atoms with van der Waals surface area (Å²) in [6.45, 7) is 6.41. The maximum atomic E-state index is 11.6. The Bertz CT molecular complexity index is 588. The lowest BCUT2D eigenvalue weighted by molar-refractivity contribution is -0.143. The van der Waals surface area contributed by atoms with Gasteiger partial charge in [0, 0.05) is 30.8 Å². The zero-order chi connectivity index (χ0) is 16.9. The van der Waals surface area contributed by atoms with E-state index in [1.807, 2.05) is 13.8 Å². The Morgan fingerprint density at radius 2 is 2.08 bits per heavy atom. The van der Waals surface area contributed by atoms with E-state index in [1.165, 1.54) is 36.9 Å². The number of rotatable bonds is 5. The van der Waals surface area contributed by atoms with Crippen molar-refractivity contribution < 1.29 is 9.53 Å². The minimum Gasteiger partial charge on any atom is -0.466 e. The Morgan fingerprint density at radius 3 is 2.92 bits per heavy atom. The number of nitrogens with zero attached hydrogens (tertiary/aromatic N) is 3. The number of esters is 1. The van der Waals surface area contributed by atoms with Gasteiger partial charge in [0.2, 0.25) is 0 Å². The summed E-state index contributed by atoms with van der Waals surface area (Å²) in [5, 5.41) is 0. The van der Waals surface area contributed by atoms with Crippen molar-refractivity contribution in [3.05, 3.63) is 17.1 Å². The summed E-state index contributed by atoms with van der Waals surface area (Å²) in [7, 11) is 0. The Hall–Kier alpha value is -1.65. The van der Waals surface area contributed by atoms with E-state index in [9.17, 15) is 4.79 Å². The van der Waals surface area contributed by atoms with Crippen molar-refractivity contribution in [2.24, 2.45) is 5.92 Å². The van der Waals surface area contributed by atoms with Crippen molar-refractivity contribution in [3.8, 4) is 0 Å². The van der Waals surface area contributed by atoms with Gasteiger partial charge in [-0.05, 0) is 64.7 Å². The predicted molar refractivity (Wildman–Crippen MR) is 94.2 cm³/mol. The van der Waals surface area contributed by atoms with Crippen LogP contribution in [-0.2, 0) is 22.4 Å². The number of ether oxygens (including phenoxy) is 1.